The van der Waals surface area contributed by atoms with E-state index < -0.39 is 21.7 Å². The van der Waals surface area contributed by atoms with E-state index in [1.54, 1.807) is 12.3 Å². The van der Waals surface area contributed by atoms with Crippen molar-refractivity contribution in [3.63, 3.8) is 0 Å². The standard InChI is InChI=1S/C27H25ClN2O4S2/c28-22-7-2-1-5-20(22)25(30-36(32,33)19-8-9-19)24-14-17-4-3-6-21(26(17)35-24)23-15-18(10-12-29-23)27(31)11-13-34-16-27/h1-7,10,12,14-15,19,25,30-31H,8-9,11,13,16H2/t25?,27-/m0/s1. The predicted octanol–water partition coefficient (Wildman–Crippen LogP) is 5.40. The van der Waals surface area contributed by atoms with Gasteiger partial charge in [-0.1, -0.05) is 48.0 Å². The number of hydrogen-bond acceptors (Lipinski definition) is 6. The summed E-state index contributed by atoms with van der Waals surface area (Å²) in [7, 11) is -3.47. The highest BCUT2D eigenvalue weighted by atomic mass is 35.5. The summed E-state index contributed by atoms with van der Waals surface area (Å²) in [5.74, 6) is 0. The molecule has 1 saturated heterocycles. The average Bonchev–Trinajstić information content (AvgIpc) is 3.52. The Kier molecular flexibility index (Phi) is 6.14. The van der Waals surface area contributed by atoms with Gasteiger partial charge in [-0.2, -0.15) is 0 Å². The van der Waals surface area contributed by atoms with Gasteiger partial charge in [0.05, 0.1) is 23.6 Å². The van der Waals surface area contributed by atoms with Gasteiger partial charge in [-0.15, -0.1) is 11.3 Å². The second-order valence-corrected chi connectivity index (χ2v) is 12.9. The molecule has 6 nitrogen and oxygen atoms in total. The molecule has 186 valence electrons. The number of rotatable bonds is 7. The van der Waals surface area contributed by atoms with E-state index >= 15 is 0 Å². The van der Waals surface area contributed by atoms with Crippen LogP contribution in [-0.2, 0) is 20.4 Å². The van der Waals surface area contributed by atoms with Crippen molar-refractivity contribution in [2.75, 3.05) is 13.2 Å². The van der Waals surface area contributed by atoms with E-state index in [9.17, 15) is 13.5 Å². The third-order valence-corrected chi connectivity index (χ3v) is 10.4. The van der Waals surface area contributed by atoms with Crippen molar-refractivity contribution in [1.29, 1.82) is 0 Å². The SMILES string of the molecule is O=S(=O)(NC(c1cc2cccc(-c3cc([C@]4(O)CCOC4)ccn3)c2s1)c1ccccc1Cl)C1CC1. The maximum Gasteiger partial charge on any atom is 0.215 e. The first-order valence-electron chi connectivity index (χ1n) is 11.9. The highest BCUT2D eigenvalue weighted by Gasteiger charge is 2.38. The van der Waals surface area contributed by atoms with E-state index in [2.05, 4.69) is 9.71 Å². The Morgan fingerprint density at radius 2 is 1.97 bits per heavy atom. The molecule has 2 aromatic heterocycles. The van der Waals surface area contributed by atoms with Crippen LogP contribution >= 0.6 is 22.9 Å². The van der Waals surface area contributed by atoms with Crippen LogP contribution < -0.4 is 4.72 Å². The lowest BCUT2D eigenvalue weighted by atomic mass is 9.92. The average molecular weight is 541 g/mol. The molecule has 3 heterocycles. The van der Waals surface area contributed by atoms with Crippen LogP contribution in [-0.4, -0.2) is 37.0 Å². The molecule has 0 spiro atoms. The lowest BCUT2D eigenvalue weighted by Crippen LogP contribution is -2.31. The normalized spacial score (nSPS) is 21.2. The highest BCUT2D eigenvalue weighted by Crippen LogP contribution is 2.41. The summed E-state index contributed by atoms with van der Waals surface area (Å²) in [6, 6.07) is 18.5. The molecule has 2 aliphatic rings. The molecule has 0 amide bonds. The lowest BCUT2D eigenvalue weighted by molar-refractivity contribution is 0.0232. The minimum absolute atomic E-state index is 0.268. The summed E-state index contributed by atoms with van der Waals surface area (Å²) >= 11 is 8.07. The summed E-state index contributed by atoms with van der Waals surface area (Å²) in [6.45, 7) is 0.794. The highest BCUT2D eigenvalue weighted by molar-refractivity contribution is 7.90. The predicted molar refractivity (Wildman–Crippen MR) is 143 cm³/mol. The Morgan fingerprint density at radius 3 is 2.72 bits per heavy atom. The Morgan fingerprint density at radius 1 is 1.14 bits per heavy atom. The van der Waals surface area contributed by atoms with Crippen LogP contribution in [0.3, 0.4) is 0 Å². The fourth-order valence-electron chi connectivity index (χ4n) is 4.70. The van der Waals surface area contributed by atoms with Gasteiger partial charge in [-0.25, -0.2) is 13.1 Å². The number of aromatic nitrogens is 1. The van der Waals surface area contributed by atoms with Crippen LogP contribution in [0.4, 0.5) is 0 Å². The van der Waals surface area contributed by atoms with Gasteiger partial charge in [-0.3, -0.25) is 4.98 Å². The van der Waals surface area contributed by atoms with Crippen LogP contribution in [0.25, 0.3) is 21.3 Å². The monoisotopic (exact) mass is 540 g/mol. The van der Waals surface area contributed by atoms with Gasteiger partial charge >= 0.3 is 0 Å². The smallest absolute Gasteiger partial charge is 0.215 e. The first kappa shape index (κ1) is 24.0. The molecule has 2 aromatic carbocycles. The second kappa shape index (κ2) is 9.20. The number of hydrogen-bond donors (Lipinski definition) is 2. The molecule has 36 heavy (non-hydrogen) atoms. The number of nitrogens with zero attached hydrogens (tertiary/aromatic N) is 1. The lowest BCUT2D eigenvalue weighted by Gasteiger charge is -2.21. The van der Waals surface area contributed by atoms with Gasteiger partial charge in [0.25, 0.3) is 0 Å². The number of nitrogens with one attached hydrogen (secondary N) is 1. The first-order valence-corrected chi connectivity index (χ1v) is 14.6. The number of halogens is 1. The molecule has 0 radical (unpaired) electrons. The van der Waals surface area contributed by atoms with Gasteiger partial charge in [0.2, 0.25) is 10.0 Å². The number of ether oxygens (including phenoxy) is 1. The van der Waals surface area contributed by atoms with Crippen LogP contribution in [0.1, 0.15) is 41.3 Å². The summed E-state index contributed by atoms with van der Waals surface area (Å²) in [5, 5.41) is 12.2. The van der Waals surface area contributed by atoms with E-state index in [-0.39, 0.29) is 11.9 Å². The molecule has 9 heteroatoms. The van der Waals surface area contributed by atoms with Gasteiger partial charge in [0.15, 0.2) is 0 Å². The minimum Gasteiger partial charge on any atom is -0.383 e. The molecule has 1 aliphatic carbocycles. The van der Waals surface area contributed by atoms with Crippen LogP contribution in [0.15, 0.2) is 66.9 Å². The van der Waals surface area contributed by atoms with Crippen molar-refractivity contribution >= 4 is 43.0 Å². The number of benzene rings is 2. The molecule has 2 atom stereocenters. The first-order chi connectivity index (χ1) is 17.3. The molecule has 2 N–H and O–H groups in total. The van der Waals surface area contributed by atoms with Crippen LogP contribution in [0.5, 0.6) is 0 Å². The maximum atomic E-state index is 13.0. The van der Waals surface area contributed by atoms with Crippen LogP contribution in [0, 0.1) is 0 Å². The number of sulfonamides is 1. The zero-order valence-electron chi connectivity index (χ0n) is 19.4. The molecule has 0 bridgehead atoms. The quantitative estimate of drug-likeness (QED) is 0.328. The maximum absolute atomic E-state index is 13.0. The molecular weight excluding hydrogens is 516 g/mol. The molecule has 6 rings (SSSR count). The third-order valence-electron chi connectivity index (χ3n) is 6.88. The van der Waals surface area contributed by atoms with Gasteiger partial charge in [0, 0.05) is 39.4 Å². The third kappa shape index (κ3) is 4.47. The number of thiophene rings is 1. The van der Waals surface area contributed by atoms with Gasteiger partial charge < -0.3 is 9.84 Å². The van der Waals surface area contributed by atoms with E-state index in [1.807, 2.05) is 54.6 Å². The fourth-order valence-corrected chi connectivity index (χ4v) is 7.80. The van der Waals surface area contributed by atoms with Crippen LogP contribution in [0.2, 0.25) is 5.02 Å². The van der Waals surface area contributed by atoms with Crippen molar-refractivity contribution in [3.05, 3.63) is 87.9 Å². The van der Waals surface area contributed by atoms with Crippen molar-refractivity contribution in [3.8, 4) is 11.3 Å². The molecule has 1 aliphatic heterocycles. The van der Waals surface area contributed by atoms with E-state index in [0.29, 0.717) is 30.9 Å². The summed E-state index contributed by atoms with van der Waals surface area (Å²) in [6.07, 6.45) is 3.62. The van der Waals surface area contributed by atoms with Gasteiger partial charge in [0.1, 0.15) is 5.60 Å². The zero-order chi connectivity index (χ0) is 24.9. The van der Waals surface area contributed by atoms with E-state index in [4.69, 9.17) is 16.3 Å². The number of pyridine rings is 1. The molecule has 1 saturated carbocycles. The van der Waals surface area contributed by atoms with E-state index in [1.165, 1.54) is 11.3 Å². The van der Waals surface area contributed by atoms with Crippen molar-refractivity contribution in [1.82, 2.24) is 9.71 Å². The Labute approximate surface area is 219 Å². The summed E-state index contributed by atoms with van der Waals surface area (Å²) in [5.41, 5.74) is 2.17. The Bertz CT molecular complexity index is 1540. The van der Waals surface area contributed by atoms with Gasteiger partial charge in [-0.05, 0) is 53.6 Å². The molecular formula is C27H25ClN2O4S2. The molecule has 4 aromatic rings. The Balaban J connectivity index is 1.45. The van der Waals surface area contributed by atoms with Crippen molar-refractivity contribution in [2.24, 2.45) is 0 Å². The largest absolute Gasteiger partial charge is 0.383 e. The second-order valence-electron chi connectivity index (χ2n) is 9.45. The Hall–Kier alpha value is -2.33. The van der Waals surface area contributed by atoms with Crippen molar-refractivity contribution < 1.29 is 18.3 Å². The topological polar surface area (TPSA) is 88.5 Å². The number of fused-ring (bicyclic) bond motifs is 1. The minimum atomic E-state index is -3.47. The number of aliphatic hydroxyl groups is 1. The van der Waals surface area contributed by atoms with Crippen molar-refractivity contribution in [2.45, 2.75) is 36.2 Å². The molecule has 1 unspecified atom stereocenters. The fraction of sp³-hybridized carbons (Fsp3) is 0.296. The van der Waals surface area contributed by atoms with E-state index in [0.717, 1.165) is 37.3 Å². The summed E-state index contributed by atoms with van der Waals surface area (Å²) in [4.78, 5) is 5.46. The molecule has 2 fully saturated rings. The zero-order valence-corrected chi connectivity index (χ0v) is 21.7. The summed E-state index contributed by atoms with van der Waals surface area (Å²) < 4.78 is 35.3.